The molecule has 1 aromatic carbocycles. The Morgan fingerprint density at radius 2 is 1.85 bits per heavy atom. The molecule has 176 valence electrons. The summed E-state index contributed by atoms with van der Waals surface area (Å²) in [6.07, 6.45) is 7.14. The minimum Gasteiger partial charge on any atom is -0.490 e. The molecule has 1 amide bonds. The van der Waals surface area contributed by atoms with Gasteiger partial charge in [-0.2, -0.15) is 0 Å². The molecule has 2 aliphatic rings. The summed E-state index contributed by atoms with van der Waals surface area (Å²) < 4.78 is 6.18. The fourth-order valence-electron chi connectivity index (χ4n) is 4.54. The van der Waals surface area contributed by atoms with Crippen molar-refractivity contribution in [3.05, 3.63) is 43.2 Å². The van der Waals surface area contributed by atoms with Crippen molar-refractivity contribution in [2.75, 3.05) is 50.8 Å². The number of piperidine rings is 2. The second-order valence-corrected chi connectivity index (χ2v) is 8.98. The van der Waals surface area contributed by atoms with E-state index in [0.29, 0.717) is 11.7 Å². The number of hydrogen-bond acceptors (Lipinski definition) is 7. The van der Waals surface area contributed by atoms with Crippen molar-refractivity contribution in [2.45, 2.75) is 31.8 Å². The van der Waals surface area contributed by atoms with E-state index in [1.807, 2.05) is 29.2 Å². The van der Waals surface area contributed by atoms with Gasteiger partial charge in [0.25, 0.3) is 0 Å². The Hall–Kier alpha value is -3.13. The highest BCUT2D eigenvalue weighted by Crippen LogP contribution is 2.32. The molecule has 0 radical (unpaired) electrons. The predicted octanol–water partition coefficient (Wildman–Crippen LogP) is 3.04. The van der Waals surface area contributed by atoms with Gasteiger partial charge in [0.2, 0.25) is 5.91 Å². The highest BCUT2D eigenvalue weighted by Gasteiger charge is 2.22. The van der Waals surface area contributed by atoms with E-state index in [4.69, 9.17) is 10.5 Å². The predicted molar refractivity (Wildman–Crippen MR) is 131 cm³/mol. The minimum atomic E-state index is 0.00974. The van der Waals surface area contributed by atoms with Crippen molar-refractivity contribution >= 4 is 17.5 Å². The number of amides is 1. The average Bonchev–Trinajstić information content (AvgIpc) is 2.85. The van der Waals surface area contributed by atoms with Crippen LogP contribution in [0.1, 0.15) is 25.7 Å². The molecule has 33 heavy (non-hydrogen) atoms. The first kappa shape index (κ1) is 23.0. The van der Waals surface area contributed by atoms with Gasteiger partial charge < -0.3 is 25.6 Å². The zero-order valence-corrected chi connectivity index (χ0v) is 19.4. The maximum Gasteiger partial charge on any atom is 0.245 e. The van der Waals surface area contributed by atoms with Crippen molar-refractivity contribution in [1.29, 1.82) is 0 Å². The van der Waals surface area contributed by atoms with Gasteiger partial charge in [-0.25, -0.2) is 9.97 Å². The molecule has 2 aromatic rings. The number of hydrogen-bond donors (Lipinski definition) is 2. The second kappa shape index (κ2) is 10.7. The molecule has 3 N–H and O–H groups in total. The maximum absolute atomic E-state index is 11.8. The van der Waals surface area contributed by atoms with Crippen LogP contribution in [-0.2, 0) is 4.79 Å². The summed E-state index contributed by atoms with van der Waals surface area (Å²) in [5.74, 6) is 2.53. The van der Waals surface area contributed by atoms with Crippen LogP contribution in [0.2, 0.25) is 0 Å². The quantitative estimate of drug-likeness (QED) is 0.626. The van der Waals surface area contributed by atoms with E-state index in [-0.39, 0.29) is 12.0 Å². The van der Waals surface area contributed by atoms with Crippen LogP contribution in [0, 0.1) is 5.92 Å². The van der Waals surface area contributed by atoms with Crippen molar-refractivity contribution in [2.24, 2.45) is 5.92 Å². The van der Waals surface area contributed by atoms with Crippen LogP contribution in [0.4, 0.5) is 11.6 Å². The number of nitrogen functional groups attached to an aromatic ring is 1. The van der Waals surface area contributed by atoms with E-state index < -0.39 is 0 Å². The second-order valence-electron chi connectivity index (χ2n) is 8.98. The number of benzene rings is 1. The summed E-state index contributed by atoms with van der Waals surface area (Å²) in [5.41, 5.74) is 8.01. The van der Waals surface area contributed by atoms with Crippen molar-refractivity contribution in [1.82, 2.24) is 19.8 Å². The fraction of sp³-hybridized carbons (Fsp3) is 0.480. The number of nitrogens with one attached hydrogen (secondary N) is 1. The van der Waals surface area contributed by atoms with Crippen LogP contribution in [0.25, 0.3) is 11.1 Å². The van der Waals surface area contributed by atoms with Crippen LogP contribution in [0.15, 0.2) is 43.2 Å². The third-order valence-electron chi connectivity index (χ3n) is 6.65. The third-order valence-corrected chi connectivity index (χ3v) is 6.65. The highest BCUT2D eigenvalue weighted by molar-refractivity contribution is 5.87. The summed E-state index contributed by atoms with van der Waals surface area (Å²) in [7, 11) is 2.15. The highest BCUT2D eigenvalue weighted by atomic mass is 16.5. The topological polar surface area (TPSA) is 96.6 Å². The largest absolute Gasteiger partial charge is 0.490 e. The summed E-state index contributed by atoms with van der Waals surface area (Å²) in [6, 6.07) is 8.03. The third kappa shape index (κ3) is 5.82. The molecule has 4 rings (SSSR count). The van der Waals surface area contributed by atoms with Crippen LogP contribution in [0.3, 0.4) is 0 Å². The normalized spacial score (nSPS) is 18.2. The molecule has 2 fully saturated rings. The van der Waals surface area contributed by atoms with E-state index in [2.05, 4.69) is 33.8 Å². The zero-order valence-electron chi connectivity index (χ0n) is 19.4. The molecule has 0 aliphatic carbocycles. The lowest BCUT2D eigenvalue weighted by atomic mass is 9.96. The van der Waals surface area contributed by atoms with Gasteiger partial charge in [-0.1, -0.05) is 18.7 Å². The Bertz CT molecular complexity index is 948. The number of nitrogens with zero attached hydrogens (tertiary/aromatic N) is 4. The van der Waals surface area contributed by atoms with Gasteiger partial charge in [0.15, 0.2) is 0 Å². The SMILES string of the molecule is C=CC(=O)N1CCC(CNc2ncnc(N)c2-c2ccc(OC3CCN(C)CC3)cc2)CC1. The van der Waals surface area contributed by atoms with Crippen molar-refractivity contribution in [3.63, 3.8) is 0 Å². The Morgan fingerprint density at radius 3 is 2.52 bits per heavy atom. The average molecular weight is 451 g/mol. The van der Waals surface area contributed by atoms with Gasteiger partial charge >= 0.3 is 0 Å². The molecule has 2 saturated heterocycles. The lowest BCUT2D eigenvalue weighted by Crippen LogP contribution is -2.39. The first-order chi connectivity index (χ1) is 16.0. The Balaban J connectivity index is 1.38. The molecule has 0 unspecified atom stereocenters. The molecule has 0 saturated carbocycles. The van der Waals surface area contributed by atoms with Crippen LogP contribution in [0.5, 0.6) is 5.75 Å². The number of rotatable bonds is 7. The molecule has 0 bridgehead atoms. The zero-order chi connectivity index (χ0) is 23.2. The van der Waals surface area contributed by atoms with E-state index in [9.17, 15) is 4.79 Å². The summed E-state index contributed by atoms with van der Waals surface area (Å²) in [5, 5.41) is 3.47. The number of likely N-dealkylation sites (tertiary alicyclic amines) is 2. The van der Waals surface area contributed by atoms with E-state index >= 15 is 0 Å². The molecule has 8 heteroatoms. The Morgan fingerprint density at radius 1 is 1.15 bits per heavy atom. The maximum atomic E-state index is 11.8. The first-order valence-corrected chi connectivity index (χ1v) is 11.7. The van der Waals surface area contributed by atoms with Gasteiger partial charge in [-0.3, -0.25) is 4.79 Å². The summed E-state index contributed by atoms with van der Waals surface area (Å²) >= 11 is 0. The lowest BCUT2D eigenvalue weighted by Gasteiger charge is -2.31. The number of anilines is 2. The molecule has 3 heterocycles. The Kier molecular flexibility index (Phi) is 7.44. The Labute approximate surface area is 195 Å². The number of ether oxygens (including phenoxy) is 1. The monoisotopic (exact) mass is 450 g/mol. The number of carbonyl (C=O) groups excluding carboxylic acids is 1. The lowest BCUT2D eigenvalue weighted by molar-refractivity contribution is -0.127. The van der Waals surface area contributed by atoms with Gasteiger partial charge in [-0.05, 0) is 62.4 Å². The number of nitrogens with two attached hydrogens (primary N) is 1. The van der Waals surface area contributed by atoms with Crippen molar-refractivity contribution < 1.29 is 9.53 Å². The van der Waals surface area contributed by atoms with E-state index in [1.165, 1.54) is 12.4 Å². The standard InChI is InChI=1S/C25H34N6O2/c1-3-22(32)31-14-8-18(9-15-31)16-27-25-23(24(26)28-17-29-25)19-4-6-20(7-5-19)33-21-10-12-30(2)13-11-21/h3-7,17-18,21H,1,8-16H2,2H3,(H3,26,27,28,29). The van der Waals surface area contributed by atoms with E-state index in [1.54, 1.807) is 0 Å². The molecular formula is C25H34N6O2. The van der Waals surface area contributed by atoms with Gasteiger partial charge in [0.05, 0.1) is 5.56 Å². The minimum absolute atomic E-state index is 0.00974. The van der Waals surface area contributed by atoms with Crippen molar-refractivity contribution in [3.8, 4) is 16.9 Å². The van der Waals surface area contributed by atoms with Crippen LogP contribution < -0.4 is 15.8 Å². The fourth-order valence-corrected chi connectivity index (χ4v) is 4.54. The molecule has 0 spiro atoms. The molecule has 2 aliphatic heterocycles. The molecule has 0 atom stereocenters. The van der Waals surface area contributed by atoms with Gasteiger partial charge in [0.1, 0.15) is 29.8 Å². The summed E-state index contributed by atoms with van der Waals surface area (Å²) in [4.78, 5) is 24.7. The molecule has 8 nitrogen and oxygen atoms in total. The van der Waals surface area contributed by atoms with Gasteiger partial charge in [-0.15, -0.1) is 0 Å². The first-order valence-electron chi connectivity index (χ1n) is 11.7. The molecule has 1 aromatic heterocycles. The number of carbonyl (C=O) groups is 1. The van der Waals surface area contributed by atoms with Gasteiger partial charge in [0, 0.05) is 32.7 Å². The van der Waals surface area contributed by atoms with Crippen LogP contribution >= 0.6 is 0 Å². The van der Waals surface area contributed by atoms with Crippen LogP contribution in [-0.4, -0.2) is 71.6 Å². The molecular weight excluding hydrogens is 416 g/mol. The smallest absolute Gasteiger partial charge is 0.245 e. The number of aromatic nitrogens is 2. The summed E-state index contributed by atoms with van der Waals surface area (Å²) in [6.45, 7) is 8.01. The van der Waals surface area contributed by atoms with E-state index in [0.717, 1.165) is 81.1 Å².